The third-order valence-electron chi connectivity index (χ3n) is 5.25. The fourth-order valence-corrected chi connectivity index (χ4v) is 3.72. The smallest absolute Gasteiger partial charge is 0.234 e. The lowest BCUT2D eigenvalue weighted by atomic mass is 10.2. The first-order valence-corrected chi connectivity index (χ1v) is 10.4. The monoisotopic (exact) mass is 420 g/mol. The van der Waals surface area contributed by atoms with E-state index in [1.807, 2.05) is 40.6 Å². The molecule has 9 heteroatoms. The second-order valence-electron chi connectivity index (χ2n) is 7.55. The molecule has 1 aromatic carbocycles. The molecule has 0 atom stereocenters. The van der Waals surface area contributed by atoms with Gasteiger partial charge in [0.1, 0.15) is 0 Å². The molecule has 1 N–H and O–H groups in total. The number of carbonyl (C=O) groups excluding carboxylic acids is 1. The number of benzene rings is 1. The summed E-state index contributed by atoms with van der Waals surface area (Å²) in [5.41, 5.74) is 0.989. The quantitative estimate of drug-likeness (QED) is 0.725. The fourth-order valence-electron chi connectivity index (χ4n) is 3.41. The first kappa shape index (κ1) is 19.6. The summed E-state index contributed by atoms with van der Waals surface area (Å²) in [4.78, 5) is 16.5. The van der Waals surface area contributed by atoms with Crippen molar-refractivity contribution in [3.05, 3.63) is 34.1 Å². The Kier molecular flexibility index (Phi) is 5.82. The van der Waals surface area contributed by atoms with E-state index >= 15 is 0 Å². The van der Waals surface area contributed by atoms with Crippen LogP contribution in [0.25, 0.3) is 11.4 Å². The Morgan fingerprint density at radius 3 is 2.46 bits per heavy atom. The molecule has 150 valence electrons. The Balaban J connectivity index is 1.35. The third-order valence-corrected chi connectivity index (χ3v) is 5.99. The third kappa shape index (κ3) is 4.63. The maximum absolute atomic E-state index is 12.0. The minimum atomic E-state index is 0.149. The van der Waals surface area contributed by atoms with E-state index in [0.717, 1.165) is 50.4 Å². The highest BCUT2D eigenvalue weighted by atomic mass is 35.5. The summed E-state index contributed by atoms with van der Waals surface area (Å²) in [6.07, 6.45) is 2.25. The van der Waals surface area contributed by atoms with E-state index in [0.29, 0.717) is 29.0 Å². The summed E-state index contributed by atoms with van der Waals surface area (Å²) in [5.74, 6) is 0.979. The summed E-state index contributed by atoms with van der Waals surface area (Å²) in [5, 5.41) is 8.48. The number of aromatic nitrogens is 3. The Morgan fingerprint density at radius 2 is 1.82 bits per heavy atom. The zero-order valence-electron chi connectivity index (χ0n) is 16.0. The summed E-state index contributed by atoms with van der Waals surface area (Å²) < 4.78 is 4.49. The van der Waals surface area contributed by atoms with Crippen LogP contribution in [0.4, 0.5) is 0 Å². The van der Waals surface area contributed by atoms with Crippen LogP contribution in [0, 0.1) is 4.77 Å². The van der Waals surface area contributed by atoms with Crippen molar-refractivity contribution in [3.8, 4) is 11.4 Å². The zero-order valence-corrected chi connectivity index (χ0v) is 17.5. The molecule has 0 unspecified atom stereocenters. The molecule has 1 aliphatic carbocycles. The molecule has 28 heavy (non-hydrogen) atoms. The van der Waals surface area contributed by atoms with Gasteiger partial charge in [0.25, 0.3) is 0 Å². The average molecular weight is 421 g/mol. The number of hydrogen-bond acceptors (Lipinski definition) is 5. The van der Waals surface area contributed by atoms with Crippen LogP contribution in [0.3, 0.4) is 0 Å². The van der Waals surface area contributed by atoms with Crippen LogP contribution in [-0.4, -0.2) is 68.8 Å². The van der Waals surface area contributed by atoms with E-state index in [4.69, 9.17) is 28.9 Å². The topological polar surface area (TPSA) is 58.3 Å². The maximum Gasteiger partial charge on any atom is 0.234 e. The largest absolute Gasteiger partial charge is 0.352 e. The molecule has 1 amide bonds. The van der Waals surface area contributed by atoms with Crippen molar-refractivity contribution in [1.82, 2.24) is 29.5 Å². The van der Waals surface area contributed by atoms with Gasteiger partial charge in [0.15, 0.2) is 10.6 Å². The molecule has 4 rings (SSSR count). The summed E-state index contributed by atoms with van der Waals surface area (Å²) in [6.45, 7) is 4.69. The molecule has 1 aliphatic heterocycles. The number of hydrogen-bond donors (Lipinski definition) is 1. The number of rotatable bonds is 6. The maximum atomic E-state index is 12.0. The highest BCUT2D eigenvalue weighted by molar-refractivity contribution is 7.71. The molecule has 1 saturated carbocycles. The van der Waals surface area contributed by atoms with Gasteiger partial charge in [-0.15, -0.1) is 0 Å². The SMILES string of the molecule is Cn1c(-c2ccc(Cl)cc2)nn(CN2CCN(CC(=O)NC3CC3)CC2)c1=S. The second-order valence-corrected chi connectivity index (χ2v) is 8.35. The molecule has 0 spiro atoms. The molecule has 2 heterocycles. The van der Waals surface area contributed by atoms with Gasteiger partial charge in [-0.05, 0) is 49.3 Å². The van der Waals surface area contributed by atoms with Crippen molar-refractivity contribution in [2.24, 2.45) is 7.05 Å². The van der Waals surface area contributed by atoms with Gasteiger partial charge in [-0.3, -0.25) is 14.6 Å². The van der Waals surface area contributed by atoms with Crippen LogP contribution in [0.2, 0.25) is 5.02 Å². The molecule has 7 nitrogen and oxygen atoms in total. The number of carbonyl (C=O) groups is 1. The number of piperazine rings is 1. The Hall–Kier alpha value is -1.74. The number of nitrogens with zero attached hydrogens (tertiary/aromatic N) is 5. The lowest BCUT2D eigenvalue weighted by molar-refractivity contribution is -0.122. The van der Waals surface area contributed by atoms with E-state index in [9.17, 15) is 4.79 Å². The normalized spacial score (nSPS) is 18.4. The van der Waals surface area contributed by atoms with E-state index in [1.54, 1.807) is 0 Å². The summed E-state index contributed by atoms with van der Waals surface area (Å²) in [6, 6.07) is 8.05. The highest BCUT2D eigenvalue weighted by Gasteiger charge is 2.25. The highest BCUT2D eigenvalue weighted by Crippen LogP contribution is 2.20. The van der Waals surface area contributed by atoms with E-state index in [-0.39, 0.29) is 5.91 Å². The van der Waals surface area contributed by atoms with Crippen molar-refractivity contribution in [3.63, 3.8) is 0 Å². The molecular formula is C19H25ClN6OS. The van der Waals surface area contributed by atoms with Gasteiger partial charge < -0.3 is 9.88 Å². The average Bonchev–Trinajstić information content (AvgIpc) is 3.45. The van der Waals surface area contributed by atoms with Crippen molar-refractivity contribution in [1.29, 1.82) is 0 Å². The van der Waals surface area contributed by atoms with Crippen LogP contribution in [0.5, 0.6) is 0 Å². The van der Waals surface area contributed by atoms with E-state index in [2.05, 4.69) is 15.1 Å². The molecule has 0 bridgehead atoms. The van der Waals surface area contributed by atoms with Crippen molar-refractivity contribution >= 4 is 29.7 Å². The number of nitrogens with one attached hydrogen (secondary N) is 1. The predicted octanol–water partition coefficient (Wildman–Crippen LogP) is 2.13. The van der Waals surface area contributed by atoms with Gasteiger partial charge in [-0.25, -0.2) is 4.68 Å². The second kappa shape index (κ2) is 8.32. The molecule has 1 aromatic heterocycles. The Labute approximate surface area is 174 Å². The van der Waals surface area contributed by atoms with Crippen LogP contribution >= 0.6 is 23.8 Å². The van der Waals surface area contributed by atoms with Crippen LogP contribution < -0.4 is 5.32 Å². The minimum absolute atomic E-state index is 0.149. The van der Waals surface area contributed by atoms with Crippen molar-refractivity contribution < 1.29 is 4.79 Å². The van der Waals surface area contributed by atoms with Gasteiger partial charge in [0.2, 0.25) is 5.91 Å². The van der Waals surface area contributed by atoms with Gasteiger partial charge in [0, 0.05) is 49.9 Å². The fraction of sp³-hybridized carbons (Fsp3) is 0.526. The van der Waals surface area contributed by atoms with Gasteiger partial charge in [-0.2, -0.15) is 5.10 Å². The van der Waals surface area contributed by atoms with Crippen LogP contribution in [0.1, 0.15) is 12.8 Å². The summed E-state index contributed by atoms with van der Waals surface area (Å²) in [7, 11) is 1.94. The lowest BCUT2D eigenvalue weighted by Gasteiger charge is -2.33. The van der Waals surface area contributed by atoms with Crippen LogP contribution in [-0.2, 0) is 18.5 Å². The number of halogens is 1. The number of amides is 1. The van der Waals surface area contributed by atoms with Crippen molar-refractivity contribution in [2.75, 3.05) is 32.7 Å². The Morgan fingerprint density at radius 1 is 1.18 bits per heavy atom. The first-order valence-electron chi connectivity index (χ1n) is 9.63. The summed E-state index contributed by atoms with van der Waals surface area (Å²) >= 11 is 11.6. The zero-order chi connectivity index (χ0) is 19.7. The molecule has 2 aliphatic rings. The van der Waals surface area contributed by atoms with Crippen molar-refractivity contribution in [2.45, 2.75) is 25.6 Å². The van der Waals surface area contributed by atoms with Gasteiger partial charge in [-0.1, -0.05) is 11.6 Å². The molecule has 2 aromatic rings. The van der Waals surface area contributed by atoms with Gasteiger partial charge >= 0.3 is 0 Å². The van der Waals surface area contributed by atoms with Gasteiger partial charge in [0.05, 0.1) is 13.2 Å². The molecule has 1 saturated heterocycles. The van der Waals surface area contributed by atoms with E-state index in [1.165, 1.54) is 0 Å². The lowest BCUT2D eigenvalue weighted by Crippen LogP contribution is -2.49. The molecule has 0 radical (unpaired) electrons. The Bertz CT molecular complexity index is 896. The van der Waals surface area contributed by atoms with E-state index < -0.39 is 0 Å². The van der Waals surface area contributed by atoms with Crippen LogP contribution in [0.15, 0.2) is 24.3 Å². The minimum Gasteiger partial charge on any atom is -0.352 e. The first-order chi connectivity index (χ1) is 13.5. The molecule has 2 fully saturated rings. The standard InChI is InChI=1S/C19H25ClN6OS/c1-23-18(14-2-4-15(20)5-3-14)22-26(19(23)28)13-25-10-8-24(9-11-25)12-17(27)21-16-6-7-16/h2-5,16H,6-13H2,1H3,(H,21,27). The molecular weight excluding hydrogens is 396 g/mol. The predicted molar refractivity (Wildman–Crippen MR) is 112 cm³/mol.